The van der Waals surface area contributed by atoms with Crippen LogP contribution in [0.3, 0.4) is 0 Å². The van der Waals surface area contributed by atoms with E-state index in [4.69, 9.17) is 0 Å². The van der Waals surface area contributed by atoms with Gasteiger partial charge in [-0.2, -0.15) is 0 Å². The molecular weight excluding hydrogens is 220 g/mol. The number of likely N-dealkylation sites (tertiary alicyclic amines) is 1. The molecule has 106 valence electrons. The number of unbranched alkanes of at least 4 members (excludes halogenated alkanes) is 5. The van der Waals surface area contributed by atoms with Crippen LogP contribution in [0.5, 0.6) is 0 Å². The summed E-state index contributed by atoms with van der Waals surface area (Å²) in [4.78, 5) is 2.78. The standard InChI is InChI=1S/C16H32N2/c1-2-3-4-5-6-7-13-18-14-9-11-16(18)15-10-8-12-17-15/h15-17H,2-14H2,1H3. The van der Waals surface area contributed by atoms with Gasteiger partial charge in [0, 0.05) is 12.1 Å². The van der Waals surface area contributed by atoms with Crippen molar-refractivity contribution < 1.29 is 0 Å². The Bertz CT molecular complexity index is 211. The summed E-state index contributed by atoms with van der Waals surface area (Å²) >= 11 is 0. The first-order valence-electron chi connectivity index (χ1n) is 8.39. The monoisotopic (exact) mass is 252 g/mol. The normalized spacial score (nSPS) is 29.2. The summed E-state index contributed by atoms with van der Waals surface area (Å²) in [5, 5.41) is 3.71. The van der Waals surface area contributed by atoms with E-state index in [0.29, 0.717) is 0 Å². The molecule has 0 saturated carbocycles. The topological polar surface area (TPSA) is 15.3 Å². The first kappa shape index (κ1) is 14.3. The molecule has 0 radical (unpaired) electrons. The number of nitrogens with one attached hydrogen (secondary N) is 1. The highest BCUT2D eigenvalue weighted by molar-refractivity contribution is 4.91. The summed E-state index contributed by atoms with van der Waals surface area (Å²) < 4.78 is 0. The second kappa shape index (κ2) is 8.16. The molecule has 0 aliphatic carbocycles. The Morgan fingerprint density at radius 1 is 1.00 bits per heavy atom. The Morgan fingerprint density at radius 2 is 1.83 bits per heavy atom. The van der Waals surface area contributed by atoms with Gasteiger partial charge in [-0.25, -0.2) is 0 Å². The van der Waals surface area contributed by atoms with Crippen LogP contribution in [0.15, 0.2) is 0 Å². The molecule has 2 aliphatic heterocycles. The summed E-state index contributed by atoms with van der Waals surface area (Å²) in [6.45, 7) is 6.27. The van der Waals surface area contributed by atoms with Gasteiger partial charge in [0.1, 0.15) is 0 Å². The summed E-state index contributed by atoms with van der Waals surface area (Å²) in [5.41, 5.74) is 0. The summed E-state index contributed by atoms with van der Waals surface area (Å²) in [5.74, 6) is 0. The van der Waals surface area contributed by atoms with E-state index in [9.17, 15) is 0 Å². The first-order valence-corrected chi connectivity index (χ1v) is 8.39. The highest BCUT2D eigenvalue weighted by Gasteiger charge is 2.32. The predicted octanol–water partition coefficient (Wildman–Crippen LogP) is 3.56. The van der Waals surface area contributed by atoms with Crippen LogP contribution in [-0.2, 0) is 0 Å². The van der Waals surface area contributed by atoms with Gasteiger partial charge in [-0.1, -0.05) is 39.0 Å². The third kappa shape index (κ3) is 4.24. The fraction of sp³-hybridized carbons (Fsp3) is 1.00. The van der Waals surface area contributed by atoms with Gasteiger partial charge in [-0.15, -0.1) is 0 Å². The average Bonchev–Trinajstić information content (AvgIpc) is 3.03. The number of rotatable bonds is 8. The fourth-order valence-corrected chi connectivity index (χ4v) is 3.72. The van der Waals surface area contributed by atoms with Crippen molar-refractivity contribution in [3.8, 4) is 0 Å². The molecule has 0 bridgehead atoms. The van der Waals surface area contributed by atoms with E-state index in [2.05, 4.69) is 17.1 Å². The molecule has 2 aliphatic rings. The van der Waals surface area contributed by atoms with Crippen molar-refractivity contribution >= 4 is 0 Å². The molecule has 1 N–H and O–H groups in total. The first-order chi connectivity index (χ1) is 8.92. The fourth-order valence-electron chi connectivity index (χ4n) is 3.72. The zero-order valence-electron chi connectivity index (χ0n) is 12.3. The summed E-state index contributed by atoms with van der Waals surface area (Å²) in [7, 11) is 0. The van der Waals surface area contributed by atoms with Gasteiger partial charge in [0.2, 0.25) is 0 Å². The van der Waals surface area contributed by atoms with E-state index in [1.807, 2.05) is 0 Å². The lowest BCUT2D eigenvalue weighted by Crippen LogP contribution is -2.44. The second-order valence-corrected chi connectivity index (χ2v) is 6.22. The Hall–Kier alpha value is -0.0800. The van der Waals surface area contributed by atoms with E-state index in [0.717, 1.165) is 12.1 Å². The van der Waals surface area contributed by atoms with E-state index < -0.39 is 0 Å². The molecule has 2 saturated heterocycles. The Labute approximate surface area is 114 Å². The van der Waals surface area contributed by atoms with E-state index in [-0.39, 0.29) is 0 Å². The maximum atomic E-state index is 3.71. The van der Waals surface area contributed by atoms with Crippen LogP contribution in [-0.4, -0.2) is 36.6 Å². The maximum absolute atomic E-state index is 3.71. The van der Waals surface area contributed by atoms with Crippen molar-refractivity contribution in [2.75, 3.05) is 19.6 Å². The van der Waals surface area contributed by atoms with Crippen molar-refractivity contribution in [1.82, 2.24) is 10.2 Å². The second-order valence-electron chi connectivity index (χ2n) is 6.22. The van der Waals surface area contributed by atoms with Gasteiger partial charge < -0.3 is 5.32 Å². The molecule has 2 atom stereocenters. The highest BCUT2D eigenvalue weighted by atomic mass is 15.2. The van der Waals surface area contributed by atoms with Crippen molar-refractivity contribution in [3.05, 3.63) is 0 Å². The lowest BCUT2D eigenvalue weighted by atomic mass is 10.0. The van der Waals surface area contributed by atoms with Gasteiger partial charge >= 0.3 is 0 Å². The van der Waals surface area contributed by atoms with E-state index >= 15 is 0 Å². The molecule has 2 rings (SSSR count). The van der Waals surface area contributed by atoms with Crippen molar-refractivity contribution in [3.63, 3.8) is 0 Å². The smallest absolute Gasteiger partial charge is 0.0249 e. The van der Waals surface area contributed by atoms with E-state index in [1.165, 1.54) is 83.8 Å². The largest absolute Gasteiger partial charge is 0.312 e. The van der Waals surface area contributed by atoms with Gasteiger partial charge in [0.15, 0.2) is 0 Å². The number of hydrogen-bond acceptors (Lipinski definition) is 2. The highest BCUT2D eigenvalue weighted by Crippen LogP contribution is 2.25. The predicted molar refractivity (Wildman–Crippen MR) is 79.0 cm³/mol. The Morgan fingerprint density at radius 3 is 2.61 bits per heavy atom. The van der Waals surface area contributed by atoms with Gasteiger partial charge in [0.05, 0.1) is 0 Å². The third-order valence-electron chi connectivity index (χ3n) is 4.78. The molecule has 18 heavy (non-hydrogen) atoms. The number of hydrogen-bond donors (Lipinski definition) is 1. The Balaban J connectivity index is 1.59. The quantitative estimate of drug-likeness (QED) is 0.664. The Kier molecular flexibility index (Phi) is 6.50. The lowest BCUT2D eigenvalue weighted by molar-refractivity contribution is 0.210. The van der Waals surface area contributed by atoms with Gasteiger partial charge in [-0.05, 0) is 51.7 Å². The lowest BCUT2D eigenvalue weighted by Gasteiger charge is -2.29. The molecule has 2 fully saturated rings. The summed E-state index contributed by atoms with van der Waals surface area (Å²) in [6, 6.07) is 1.68. The molecule has 0 aromatic rings. The van der Waals surface area contributed by atoms with Crippen molar-refractivity contribution in [2.45, 2.75) is 83.2 Å². The molecule has 0 spiro atoms. The molecular formula is C16H32N2. The molecule has 2 unspecified atom stereocenters. The zero-order valence-corrected chi connectivity index (χ0v) is 12.3. The minimum absolute atomic E-state index is 0.813. The van der Waals surface area contributed by atoms with Crippen LogP contribution >= 0.6 is 0 Å². The average molecular weight is 252 g/mol. The van der Waals surface area contributed by atoms with Crippen molar-refractivity contribution in [1.29, 1.82) is 0 Å². The molecule has 2 heteroatoms. The SMILES string of the molecule is CCCCCCCCN1CCCC1C1CCCN1. The molecule has 0 aromatic carbocycles. The van der Waals surface area contributed by atoms with Crippen LogP contribution in [0.1, 0.15) is 71.1 Å². The molecule has 0 aromatic heterocycles. The van der Waals surface area contributed by atoms with Crippen LogP contribution < -0.4 is 5.32 Å². The maximum Gasteiger partial charge on any atom is 0.0249 e. The van der Waals surface area contributed by atoms with Gasteiger partial charge in [0.25, 0.3) is 0 Å². The van der Waals surface area contributed by atoms with Crippen LogP contribution in [0.25, 0.3) is 0 Å². The third-order valence-corrected chi connectivity index (χ3v) is 4.78. The van der Waals surface area contributed by atoms with Crippen molar-refractivity contribution in [2.24, 2.45) is 0 Å². The molecule has 2 nitrogen and oxygen atoms in total. The minimum atomic E-state index is 0.813. The minimum Gasteiger partial charge on any atom is -0.312 e. The van der Waals surface area contributed by atoms with E-state index in [1.54, 1.807) is 0 Å². The van der Waals surface area contributed by atoms with Gasteiger partial charge in [-0.3, -0.25) is 4.90 Å². The molecule has 2 heterocycles. The number of nitrogens with zero attached hydrogens (tertiary/aromatic N) is 1. The van der Waals surface area contributed by atoms with Crippen LogP contribution in [0, 0.1) is 0 Å². The zero-order chi connectivity index (χ0) is 12.6. The van der Waals surface area contributed by atoms with Crippen LogP contribution in [0.2, 0.25) is 0 Å². The molecule has 0 amide bonds. The summed E-state index contributed by atoms with van der Waals surface area (Å²) in [6.07, 6.45) is 14.2. The van der Waals surface area contributed by atoms with Crippen LogP contribution in [0.4, 0.5) is 0 Å².